The van der Waals surface area contributed by atoms with Gasteiger partial charge in [-0.1, -0.05) is 42.5 Å². The third-order valence-electron chi connectivity index (χ3n) is 5.48. The molecule has 2 aromatic carbocycles. The summed E-state index contributed by atoms with van der Waals surface area (Å²) in [6.07, 6.45) is 3.43. The highest BCUT2D eigenvalue weighted by molar-refractivity contribution is 5.94. The Kier molecular flexibility index (Phi) is 5.48. The number of likely N-dealkylation sites (tertiary alicyclic amines) is 1. The molecule has 1 atom stereocenters. The fraction of sp³-hybridized carbons (Fsp3) is 0.318. The maximum Gasteiger partial charge on any atom is 0.253 e. The fourth-order valence-electron chi connectivity index (χ4n) is 3.81. The molecule has 0 radical (unpaired) electrons. The summed E-state index contributed by atoms with van der Waals surface area (Å²) in [5.74, 6) is 0.963. The van der Waals surface area contributed by atoms with Gasteiger partial charge >= 0.3 is 0 Å². The summed E-state index contributed by atoms with van der Waals surface area (Å²) >= 11 is 0. The first-order valence-electron chi connectivity index (χ1n) is 9.68. The largest absolute Gasteiger partial charge is 0.392 e. The number of H-pyrrole nitrogens is 1. The van der Waals surface area contributed by atoms with E-state index >= 15 is 0 Å². The van der Waals surface area contributed by atoms with Crippen molar-refractivity contribution in [1.29, 1.82) is 0 Å². The Morgan fingerprint density at radius 2 is 1.82 bits per heavy atom. The molecule has 28 heavy (non-hydrogen) atoms. The molecule has 4 rings (SSSR count). The van der Waals surface area contributed by atoms with Crippen LogP contribution in [0.15, 0.2) is 60.9 Å². The number of aromatic amines is 1. The second kappa shape index (κ2) is 8.35. The molecule has 0 spiro atoms. The molecular formula is C22H24N4O2. The van der Waals surface area contributed by atoms with Crippen LogP contribution in [-0.4, -0.2) is 50.3 Å². The summed E-state index contributed by atoms with van der Waals surface area (Å²) in [6, 6.07) is 17.5. The Labute approximate surface area is 164 Å². The van der Waals surface area contributed by atoms with Gasteiger partial charge < -0.3 is 10.0 Å². The first-order chi connectivity index (χ1) is 13.7. The van der Waals surface area contributed by atoms with Crippen molar-refractivity contribution in [2.24, 2.45) is 5.92 Å². The molecule has 2 heterocycles. The standard InChI is InChI=1S/C22H24N4O2/c27-20(14-16-4-2-1-3-5-16)17-10-12-26(13-11-17)22(28)19-8-6-18(7-9-19)21-23-15-24-25-21/h1-9,15,17,20,27H,10-14H2,(H,23,24,25)/t20-/m1/s1. The van der Waals surface area contributed by atoms with Crippen LogP contribution >= 0.6 is 0 Å². The number of carbonyl (C=O) groups is 1. The third-order valence-corrected chi connectivity index (χ3v) is 5.48. The normalized spacial score (nSPS) is 16.1. The Hall–Kier alpha value is -2.99. The second-order valence-electron chi connectivity index (χ2n) is 7.30. The minimum Gasteiger partial charge on any atom is -0.392 e. The lowest BCUT2D eigenvalue weighted by atomic mass is 9.87. The van der Waals surface area contributed by atoms with Crippen molar-refractivity contribution < 1.29 is 9.90 Å². The molecule has 1 saturated heterocycles. The number of carbonyl (C=O) groups excluding carboxylic acids is 1. The van der Waals surface area contributed by atoms with Gasteiger partial charge in [0.25, 0.3) is 5.91 Å². The number of amides is 1. The van der Waals surface area contributed by atoms with Crippen LogP contribution in [0.4, 0.5) is 0 Å². The Morgan fingerprint density at radius 3 is 2.46 bits per heavy atom. The van der Waals surface area contributed by atoms with Gasteiger partial charge in [-0.2, -0.15) is 5.10 Å². The van der Waals surface area contributed by atoms with Gasteiger partial charge in [0.15, 0.2) is 5.82 Å². The molecule has 1 aliphatic heterocycles. The summed E-state index contributed by atoms with van der Waals surface area (Å²) < 4.78 is 0. The first kappa shape index (κ1) is 18.4. The van der Waals surface area contributed by atoms with Gasteiger partial charge in [0.1, 0.15) is 6.33 Å². The lowest BCUT2D eigenvalue weighted by molar-refractivity contribution is 0.0467. The molecule has 1 aromatic heterocycles. The zero-order chi connectivity index (χ0) is 19.3. The van der Waals surface area contributed by atoms with E-state index in [0.29, 0.717) is 30.9 Å². The fourth-order valence-corrected chi connectivity index (χ4v) is 3.81. The predicted octanol–water partition coefficient (Wildman–Crippen LogP) is 2.93. The maximum absolute atomic E-state index is 12.8. The van der Waals surface area contributed by atoms with Crippen molar-refractivity contribution in [3.63, 3.8) is 0 Å². The quantitative estimate of drug-likeness (QED) is 0.717. The highest BCUT2D eigenvalue weighted by atomic mass is 16.3. The van der Waals surface area contributed by atoms with Crippen molar-refractivity contribution >= 4 is 5.91 Å². The molecule has 0 saturated carbocycles. The SMILES string of the molecule is O=C(c1ccc(-c2ncn[nH]2)cc1)N1CCC([C@H](O)Cc2ccccc2)CC1. The van der Waals surface area contributed by atoms with E-state index < -0.39 is 0 Å². The van der Waals surface area contributed by atoms with E-state index in [9.17, 15) is 9.90 Å². The average molecular weight is 376 g/mol. The van der Waals surface area contributed by atoms with Crippen LogP contribution in [0, 0.1) is 5.92 Å². The minimum absolute atomic E-state index is 0.0418. The molecule has 0 unspecified atom stereocenters. The molecule has 144 valence electrons. The number of nitrogens with one attached hydrogen (secondary N) is 1. The van der Waals surface area contributed by atoms with Crippen LogP contribution in [0.25, 0.3) is 11.4 Å². The maximum atomic E-state index is 12.8. The molecule has 0 bridgehead atoms. The zero-order valence-corrected chi connectivity index (χ0v) is 15.7. The number of nitrogens with zero attached hydrogens (tertiary/aromatic N) is 3. The van der Waals surface area contributed by atoms with Crippen molar-refractivity contribution in [2.75, 3.05) is 13.1 Å². The smallest absolute Gasteiger partial charge is 0.253 e. The number of rotatable bonds is 5. The molecule has 2 N–H and O–H groups in total. The summed E-state index contributed by atoms with van der Waals surface area (Å²) in [7, 11) is 0. The van der Waals surface area contributed by atoms with E-state index in [0.717, 1.165) is 24.0 Å². The molecule has 1 aliphatic rings. The number of aliphatic hydroxyl groups excluding tert-OH is 1. The predicted molar refractivity (Wildman–Crippen MR) is 107 cm³/mol. The second-order valence-corrected chi connectivity index (χ2v) is 7.30. The number of aromatic nitrogens is 3. The number of hydrogen-bond acceptors (Lipinski definition) is 4. The number of hydrogen-bond donors (Lipinski definition) is 2. The minimum atomic E-state index is -0.360. The molecule has 3 aromatic rings. The van der Waals surface area contributed by atoms with Gasteiger partial charge in [-0.15, -0.1) is 0 Å². The molecule has 6 nitrogen and oxygen atoms in total. The highest BCUT2D eigenvalue weighted by Crippen LogP contribution is 2.24. The molecule has 0 aliphatic carbocycles. The zero-order valence-electron chi connectivity index (χ0n) is 15.7. The van der Waals surface area contributed by atoms with Gasteiger partial charge in [-0.05, 0) is 42.9 Å². The molecule has 6 heteroatoms. The van der Waals surface area contributed by atoms with Gasteiger partial charge in [0.2, 0.25) is 0 Å². The lowest BCUT2D eigenvalue weighted by Gasteiger charge is -2.34. The van der Waals surface area contributed by atoms with Crippen LogP contribution in [0.3, 0.4) is 0 Å². The van der Waals surface area contributed by atoms with Crippen LogP contribution < -0.4 is 0 Å². The highest BCUT2D eigenvalue weighted by Gasteiger charge is 2.28. The van der Waals surface area contributed by atoms with Crippen molar-refractivity contribution in [2.45, 2.75) is 25.4 Å². The van der Waals surface area contributed by atoms with Gasteiger partial charge in [-0.3, -0.25) is 9.89 Å². The number of piperidine rings is 1. The van der Waals surface area contributed by atoms with E-state index in [1.165, 1.54) is 6.33 Å². The van der Waals surface area contributed by atoms with E-state index in [4.69, 9.17) is 0 Å². The summed E-state index contributed by atoms with van der Waals surface area (Å²) in [5.41, 5.74) is 2.73. The Balaban J connectivity index is 1.32. The topological polar surface area (TPSA) is 82.1 Å². The van der Waals surface area contributed by atoms with E-state index in [2.05, 4.69) is 15.2 Å². The number of benzene rings is 2. The first-order valence-corrected chi connectivity index (χ1v) is 9.68. The molecular weight excluding hydrogens is 352 g/mol. The van der Waals surface area contributed by atoms with Gasteiger partial charge in [0, 0.05) is 24.2 Å². The van der Waals surface area contributed by atoms with E-state index in [1.54, 1.807) is 0 Å². The Morgan fingerprint density at radius 1 is 1.11 bits per heavy atom. The van der Waals surface area contributed by atoms with Crippen LogP contribution in [0.2, 0.25) is 0 Å². The van der Waals surface area contributed by atoms with Crippen molar-refractivity contribution in [3.8, 4) is 11.4 Å². The van der Waals surface area contributed by atoms with Crippen LogP contribution in [-0.2, 0) is 6.42 Å². The van der Waals surface area contributed by atoms with Crippen LogP contribution in [0.5, 0.6) is 0 Å². The lowest BCUT2D eigenvalue weighted by Crippen LogP contribution is -2.41. The summed E-state index contributed by atoms with van der Waals surface area (Å²) in [4.78, 5) is 18.8. The average Bonchev–Trinajstić information content (AvgIpc) is 3.29. The van der Waals surface area contributed by atoms with E-state index in [-0.39, 0.29) is 17.9 Å². The van der Waals surface area contributed by atoms with Crippen molar-refractivity contribution in [1.82, 2.24) is 20.1 Å². The summed E-state index contributed by atoms with van der Waals surface area (Å²) in [5, 5.41) is 17.2. The monoisotopic (exact) mass is 376 g/mol. The van der Waals surface area contributed by atoms with Crippen molar-refractivity contribution in [3.05, 3.63) is 72.1 Å². The van der Waals surface area contributed by atoms with Crippen LogP contribution in [0.1, 0.15) is 28.8 Å². The summed E-state index contributed by atoms with van der Waals surface area (Å²) in [6.45, 7) is 1.36. The number of aliphatic hydroxyl groups is 1. The van der Waals surface area contributed by atoms with Gasteiger partial charge in [-0.25, -0.2) is 4.98 Å². The van der Waals surface area contributed by atoms with E-state index in [1.807, 2.05) is 59.5 Å². The van der Waals surface area contributed by atoms with Gasteiger partial charge in [0.05, 0.1) is 6.10 Å². The molecule has 1 amide bonds. The Bertz CT molecular complexity index is 886. The molecule has 1 fully saturated rings. The third kappa shape index (κ3) is 4.12.